The Balaban J connectivity index is 2.42. The zero-order valence-corrected chi connectivity index (χ0v) is 11.9. The number of nitrogens with zero attached hydrogens (tertiary/aromatic N) is 2. The van der Waals surface area contributed by atoms with Crippen molar-refractivity contribution < 1.29 is 0 Å². The Morgan fingerprint density at radius 1 is 1.00 bits per heavy atom. The summed E-state index contributed by atoms with van der Waals surface area (Å²) in [6.07, 6.45) is 1.80. The van der Waals surface area contributed by atoms with Crippen LogP contribution in [0, 0.1) is 0 Å². The van der Waals surface area contributed by atoms with Gasteiger partial charge in [0, 0.05) is 17.0 Å². The van der Waals surface area contributed by atoms with Crippen molar-refractivity contribution in [1.29, 1.82) is 0 Å². The van der Waals surface area contributed by atoms with Gasteiger partial charge in [-0.05, 0) is 24.3 Å². The smallest absolute Gasteiger partial charge is 0.112 e. The lowest BCUT2D eigenvalue weighted by Gasteiger charge is -2.06. The first-order chi connectivity index (χ1) is 8.25. The Hall–Kier alpha value is -1.00. The van der Waals surface area contributed by atoms with Crippen molar-refractivity contribution in [2.45, 2.75) is 3.74 Å². The van der Waals surface area contributed by atoms with E-state index >= 15 is 0 Å². The lowest BCUT2D eigenvalue weighted by Crippen LogP contribution is -1.90. The molecule has 0 saturated heterocycles. The van der Waals surface area contributed by atoms with E-state index in [-0.39, 0.29) is 3.74 Å². The van der Waals surface area contributed by atoms with Gasteiger partial charge in [-0.25, -0.2) is 0 Å². The lowest BCUT2D eigenvalue weighted by atomic mass is 10.1. The third-order valence-electron chi connectivity index (χ3n) is 2.69. The van der Waals surface area contributed by atoms with Crippen LogP contribution >= 0.6 is 31.9 Å². The maximum atomic E-state index is 4.67. The normalized spacial score (nSPS) is 11.5. The van der Waals surface area contributed by atoms with Crippen LogP contribution in [0.1, 0.15) is 9.43 Å². The summed E-state index contributed by atoms with van der Waals surface area (Å²) in [5.41, 5.74) is 2.94. The molecule has 3 rings (SSSR count). The van der Waals surface area contributed by atoms with E-state index in [0.29, 0.717) is 0 Å². The minimum atomic E-state index is 0.0753. The summed E-state index contributed by atoms with van der Waals surface area (Å²) >= 11 is 6.94. The molecule has 0 fully saturated rings. The van der Waals surface area contributed by atoms with Crippen molar-refractivity contribution in [2.24, 2.45) is 0 Å². The lowest BCUT2D eigenvalue weighted by molar-refractivity contribution is 1.23. The van der Waals surface area contributed by atoms with Gasteiger partial charge in [-0.15, -0.1) is 0 Å². The molecule has 2 nitrogen and oxygen atoms in total. The van der Waals surface area contributed by atoms with Gasteiger partial charge in [-0.3, -0.25) is 9.97 Å². The number of rotatable bonds is 1. The molecule has 0 aliphatic rings. The van der Waals surface area contributed by atoms with E-state index in [1.54, 1.807) is 6.20 Å². The fraction of sp³-hybridized carbons (Fsp3) is 0.0769. The molecule has 17 heavy (non-hydrogen) atoms. The summed E-state index contributed by atoms with van der Waals surface area (Å²) in [6, 6.07) is 12.2. The molecule has 0 unspecified atom stereocenters. The molecule has 0 bridgehead atoms. The molecule has 0 radical (unpaired) electrons. The van der Waals surface area contributed by atoms with Gasteiger partial charge in [0.05, 0.1) is 16.7 Å². The molecule has 2 aromatic heterocycles. The average molecular weight is 352 g/mol. The molecule has 0 N–H and O–H groups in total. The summed E-state index contributed by atoms with van der Waals surface area (Å²) < 4.78 is 0.0753. The topological polar surface area (TPSA) is 25.8 Å². The summed E-state index contributed by atoms with van der Waals surface area (Å²) in [5, 5.41) is 2.22. The van der Waals surface area contributed by atoms with Crippen LogP contribution in [0.25, 0.3) is 21.8 Å². The van der Waals surface area contributed by atoms with Gasteiger partial charge >= 0.3 is 0 Å². The highest BCUT2D eigenvalue weighted by Crippen LogP contribution is 2.30. The Labute approximate surface area is 115 Å². The Morgan fingerprint density at radius 2 is 1.82 bits per heavy atom. The molecule has 84 valence electrons. The Kier molecular flexibility index (Phi) is 2.84. The van der Waals surface area contributed by atoms with Crippen LogP contribution in [-0.4, -0.2) is 9.97 Å². The number of fused-ring (bicyclic) bond motifs is 3. The molecule has 0 amide bonds. The first-order valence-electron chi connectivity index (χ1n) is 5.18. The van der Waals surface area contributed by atoms with E-state index in [9.17, 15) is 0 Å². The van der Waals surface area contributed by atoms with Gasteiger partial charge in [-0.1, -0.05) is 44.0 Å². The first kappa shape index (κ1) is 11.1. The van der Waals surface area contributed by atoms with Gasteiger partial charge in [-0.2, -0.15) is 0 Å². The summed E-state index contributed by atoms with van der Waals surface area (Å²) in [5.74, 6) is 0. The third kappa shape index (κ3) is 1.96. The second kappa shape index (κ2) is 4.35. The van der Waals surface area contributed by atoms with Gasteiger partial charge in [0.15, 0.2) is 0 Å². The van der Waals surface area contributed by atoms with Crippen LogP contribution in [0.5, 0.6) is 0 Å². The number of benzene rings is 1. The van der Waals surface area contributed by atoms with Crippen molar-refractivity contribution in [3.05, 3.63) is 48.3 Å². The second-order valence-electron chi connectivity index (χ2n) is 3.74. The molecule has 0 aliphatic carbocycles. The minimum absolute atomic E-state index is 0.0753. The SMILES string of the molecule is BrC(Br)c1ccc2ccc3ncccc3c2n1. The van der Waals surface area contributed by atoms with Gasteiger partial charge in [0.25, 0.3) is 0 Å². The van der Waals surface area contributed by atoms with Gasteiger partial charge < -0.3 is 0 Å². The monoisotopic (exact) mass is 350 g/mol. The van der Waals surface area contributed by atoms with E-state index in [4.69, 9.17) is 0 Å². The summed E-state index contributed by atoms with van der Waals surface area (Å²) in [7, 11) is 0. The number of hydrogen-bond acceptors (Lipinski definition) is 2. The first-order valence-corrected chi connectivity index (χ1v) is 7.01. The number of alkyl halides is 2. The standard InChI is InChI=1S/C13H8Br2N2/c14-13(15)11-6-4-8-3-5-10-9(12(8)17-11)2-1-7-16-10/h1-7,13H. The highest BCUT2D eigenvalue weighted by molar-refractivity contribution is 9.24. The van der Waals surface area contributed by atoms with E-state index in [2.05, 4.69) is 60.0 Å². The van der Waals surface area contributed by atoms with E-state index in [1.165, 1.54) is 0 Å². The van der Waals surface area contributed by atoms with E-state index in [0.717, 1.165) is 27.5 Å². The average Bonchev–Trinajstić information content (AvgIpc) is 2.38. The van der Waals surface area contributed by atoms with Crippen molar-refractivity contribution in [3.63, 3.8) is 0 Å². The van der Waals surface area contributed by atoms with E-state index < -0.39 is 0 Å². The molecular weight excluding hydrogens is 344 g/mol. The zero-order valence-electron chi connectivity index (χ0n) is 8.77. The second-order valence-corrected chi connectivity index (χ2v) is 6.80. The van der Waals surface area contributed by atoms with Crippen LogP contribution < -0.4 is 0 Å². The Morgan fingerprint density at radius 3 is 2.65 bits per heavy atom. The van der Waals surface area contributed by atoms with Crippen LogP contribution in [-0.2, 0) is 0 Å². The highest BCUT2D eigenvalue weighted by atomic mass is 79.9. The molecule has 0 spiro atoms. The number of aromatic nitrogens is 2. The van der Waals surface area contributed by atoms with Crippen molar-refractivity contribution >= 4 is 53.7 Å². The molecule has 2 heterocycles. The molecule has 0 aliphatic heterocycles. The number of hydrogen-bond donors (Lipinski definition) is 0. The van der Waals surface area contributed by atoms with Crippen molar-refractivity contribution in [1.82, 2.24) is 9.97 Å². The highest BCUT2D eigenvalue weighted by Gasteiger charge is 2.07. The number of halogens is 2. The largest absolute Gasteiger partial charge is 0.256 e. The molecule has 3 aromatic rings. The molecular formula is C13H8Br2N2. The molecule has 0 atom stereocenters. The number of pyridine rings is 2. The maximum Gasteiger partial charge on any atom is 0.112 e. The predicted molar refractivity (Wildman–Crippen MR) is 77.6 cm³/mol. The van der Waals surface area contributed by atoms with Crippen LogP contribution in [0.15, 0.2) is 42.6 Å². The Bertz CT molecular complexity index is 695. The van der Waals surface area contributed by atoms with Crippen LogP contribution in [0.2, 0.25) is 0 Å². The quantitative estimate of drug-likeness (QED) is 0.474. The molecule has 4 heteroatoms. The zero-order chi connectivity index (χ0) is 11.8. The van der Waals surface area contributed by atoms with Crippen molar-refractivity contribution in [2.75, 3.05) is 0 Å². The fourth-order valence-corrected chi connectivity index (χ4v) is 2.39. The molecule has 1 aromatic carbocycles. The van der Waals surface area contributed by atoms with Gasteiger partial charge in [0.1, 0.15) is 3.74 Å². The fourth-order valence-electron chi connectivity index (χ4n) is 1.88. The van der Waals surface area contributed by atoms with Crippen LogP contribution in [0.3, 0.4) is 0 Å². The van der Waals surface area contributed by atoms with Crippen LogP contribution in [0.4, 0.5) is 0 Å². The van der Waals surface area contributed by atoms with Gasteiger partial charge in [0.2, 0.25) is 0 Å². The third-order valence-corrected chi connectivity index (χ3v) is 3.62. The van der Waals surface area contributed by atoms with E-state index in [1.807, 2.05) is 18.2 Å². The molecule has 0 saturated carbocycles. The summed E-state index contributed by atoms with van der Waals surface area (Å²) in [4.78, 5) is 9.01. The van der Waals surface area contributed by atoms with Crippen molar-refractivity contribution in [3.8, 4) is 0 Å². The minimum Gasteiger partial charge on any atom is -0.256 e. The maximum absolute atomic E-state index is 4.67. The predicted octanol–water partition coefficient (Wildman–Crippen LogP) is 4.57. The summed E-state index contributed by atoms with van der Waals surface area (Å²) in [6.45, 7) is 0.